The molecule has 0 spiro atoms. The van der Waals surface area contributed by atoms with Crippen molar-refractivity contribution in [2.75, 3.05) is 0 Å². The molecule has 0 aliphatic rings. The molecule has 1 N–H and O–H groups in total. The van der Waals surface area contributed by atoms with Crippen LogP contribution in [0.5, 0.6) is 0 Å². The lowest BCUT2D eigenvalue weighted by atomic mass is 10.1. The van der Waals surface area contributed by atoms with E-state index in [0.717, 1.165) is 17.0 Å². The van der Waals surface area contributed by atoms with Crippen LogP contribution in [0, 0.1) is 25.7 Å². The molecule has 1 aromatic rings. The van der Waals surface area contributed by atoms with Crippen LogP contribution in [0.4, 0.5) is 0 Å². The molecule has 0 amide bonds. The minimum absolute atomic E-state index is 0.486. The Bertz CT molecular complexity index is 353. The molecule has 14 heavy (non-hydrogen) atoms. The number of rotatable bonds is 2. The zero-order chi connectivity index (χ0) is 10.6. The van der Waals surface area contributed by atoms with Gasteiger partial charge in [-0.3, -0.25) is 4.98 Å². The highest BCUT2D eigenvalue weighted by molar-refractivity contribution is 5.23. The molecule has 2 heteroatoms. The van der Waals surface area contributed by atoms with Crippen molar-refractivity contribution in [3.8, 4) is 11.8 Å². The smallest absolute Gasteiger partial charge is 0.0900 e. The average molecular weight is 189 g/mol. The number of aliphatic hydroxyl groups is 1. The molecule has 1 atom stereocenters. The molecule has 1 aromatic heterocycles. The maximum Gasteiger partial charge on any atom is 0.0900 e. The van der Waals surface area contributed by atoms with Gasteiger partial charge in [0.15, 0.2) is 0 Å². The summed E-state index contributed by atoms with van der Waals surface area (Å²) in [6.45, 7) is 5.62. The van der Waals surface area contributed by atoms with E-state index in [0.29, 0.717) is 6.42 Å². The Morgan fingerprint density at radius 1 is 1.36 bits per heavy atom. The monoisotopic (exact) mass is 189 g/mol. The Morgan fingerprint density at radius 3 is 2.43 bits per heavy atom. The van der Waals surface area contributed by atoms with Crippen LogP contribution in [-0.4, -0.2) is 10.1 Å². The van der Waals surface area contributed by atoms with Gasteiger partial charge in [0.2, 0.25) is 0 Å². The fourth-order valence-electron chi connectivity index (χ4n) is 1.38. The van der Waals surface area contributed by atoms with Gasteiger partial charge in [0.05, 0.1) is 6.10 Å². The van der Waals surface area contributed by atoms with E-state index in [-0.39, 0.29) is 0 Å². The van der Waals surface area contributed by atoms with Gasteiger partial charge >= 0.3 is 0 Å². The van der Waals surface area contributed by atoms with Crippen LogP contribution in [0.25, 0.3) is 0 Å². The molecule has 2 nitrogen and oxygen atoms in total. The van der Waals surface area contributed by atoms with Crippen molar-refractivity contribution >= 4 is 0 Å². The van der Waals surface area contributed by atoms with Crippen LogP contribution < -0.4 is 0 Å². The third-order valence-electron chi connectivity index (χ3n) is 1.96. The quantitative estimate of drug-likeness (QED) is 0.723. The number of hydrogen-bond donors (Lipinski definition) is 1. The Balaban J connectivity index is 2.87. The predicted molar refractivity (Wildman–Crippen MR) is 56.7 cm³/mol. The average Bonchev–Trinajstić information content (AvgIpc) is 2.12. The molecule has 0 fully saturated rings. The van der Waals surface area contributed by atoms with Crippen molar-refractivity contribution in [2.24, 2.45) is 0 Å². The summed E-state index contributed by atoms with van der Waals surface area (Å²) >= 11 is 0. The van der Waals surface area contributed by atoms with E-state index in [1.807, 2.05) is 26.0 Å². The van der Waals surface area contributed by atoms with E-state index < -0.39 is 6.10 Å². The van der Waals surface area contributed by atoms with Gasteiger partial charge in [0.25, 0.3) is 0 Å². The van der Waals surface area contributed by atoms with Crippen molar-refractivity contribution in [3.05, 3.63) is 29.1 Å². The molecule has 1 rings (SSSR count). The SMILES string of the molecule is CC#CCC(O)c1cc(C)nc(C)c1. The first-order chi connectivity index (χ1) is 6.63. The van der Waals surface area contributed by atoms with Gasteiger partial charge in [-0.15, -0.1) is 11.8 Å². The zero-order valence-electron chi connectivity index (χ0n) is 8.83. The molecule has 0 radical (unpaired) electrons. The summed E-state index contributed by atoms with van der Waals surface area (Å²) in [5.41, 5.74) is 2.77. The molecule has 1 heterocycles. The molecular formula is C12H15NO. The van der Waals surface area contributed by atoms with E-state index in [2.05, 4.69) is 16.8 Å². The van der Waals surface area contributed by atoms with Crippen molar-refractivity contribution in [1.29, 1.82) is 0 Å². The first kappa shape index (κ1) is 10.7. The number of nitrogens with zero attached hydrogens (tertiary/aromatic N) is 1. The number of aliphatic hydroxyl groups excluding tert-OH is 1. The van der Waals surface area contributed by atoms with Crippen LogP contribution in [0.15, 0.2) is 12.1 Å². The molecule has 0 saturated heterocycles. The Kier molecular flexibility index (Phi) is 3.67. The maximum absolute atomic E-state index is 9.77. The second-order valence-corrected chi connectivity index (χ2v) is 3.33. The van der Waals surface area contributed by atoms with Crippen molar-refractivity contribution in [3.63, 3.8) is 0 Å². The number of hydrogen-bond acceptors (Lipinski definition) is 2. The van der Waals surface area contributed by atoms with Crippen molar-refractivity contribution in [1.82, 2.24) is 4.98 Å². The zero-order valence-corrected chi connectivity index (χ0v) is 8.83. The third kappa shape index (κ3) is 2.86. The molecule has 0 aliphatic heterocycles. The normalized spacial score (nSPS) is 11.7. The summed E-state index contributed by atoms with van der Waals surface area (Å²) in [7, 11) is 0. The summed E-state index contributed by atoms with van der Waals surface area (Å²) in [5, 5.41) is 9.77. The Hall–Kier alpha value is -1.33. The lowest BCUT2D eigenvalue weighted by Gasteiger charge is -2.08. The fraction of sp³-hybridized carbons (Fsp3) is 0.417. The predicted octanol–water partition coefficient (Wildman–Crippen LogP) is 2.15. The molecule has 0 aliphatic carbocycles. The Morgan fingerprint density at radius 2 is 1.93 bits per heavy atom. The summed E-state index contributed by atoms with van der Waals surface area (Å²) in [5.74, 6) is 5.64. The lowest BCUT2D eigenvalue weighted by molar-refractivity contribution is 0.183. The van der Waals surface area contributed by atoms with Gasteiger partial charge < -0.3 is 5.11 Å². The van der Waals surface area contributed by atoms with Crippen LogP contribution >= 0.6 is 0 Å². The minimum atomic E-state index is -0.497. The summed E-state index contributed by atoms with van der Waals surface area (Å²) < 4.78 is 0. The van der Waals surface area contributed by atoms with Crippen LogP contribution in [0.2, 0.25) is 0 Å². The standard InChI is InChI=1S/C12H15NO/c1-4-5-6-12(14)11-7-9(2)13-10(3)8-11/h7-8,12,14H,6H2,1-3H3. The number of aromatic nitrogens is 1. The largest absolute Gasteiger partial charge is 0.387 e. The van der Waals surface area contributed by atoms with E-state index in [4.69, 9.17) is 0 Å². The maximum atomic E-state index is 9.77. The van der Waals surface area contributed by atoms with Gasteiger partial charge in [0, 0.05) is 17.8 Å². The highest BCUT2D eigenvalue weighted by Gasteiger charge is 2.06. The summed E-state index contributed by atoms with van der Waals surface area (Å²) in [4.78, 5) is 4.25. The van der Waals surface area contributed by atoms with Crippen LogP contribution in [0.3, 0.4) is 0 Å². The topological polar surface area (TPSA) is 33.1 Å². The highest BCUT2D eigenvalue weighted by atomic mass is 16.3. The molecule has 74 valence electrons. The van der Waals surface area contributed by atoms with Crippen LogP contribution in [-0.2, 0) is 0 Å². The van der Waals surface area contributed by atoms with Gasteiger partial charge in [-0.25, -0.2) is 0 Å². The van der Waals surface area contributed by atoms with Crippen molar-refractivity contribution < 1.29 is 5.11 Å². The van der Waals surface area contributed by atoms with Gasteiger partial charge in [0.1, 0.15) is 0 Å². The van der Waals surface area contributed by atoms with Gasteiger partial charge in [-0.2, -0.15) is 0 Å². The first-order valence-electron chi connectivity index (χ1n) is 4.66. The van der Waals surface area contributed by atoms with Gasteiger partial charge in [-0.05, 0) is 38.5 Å². The summed E-state index contributed by atoms with van der Waals surface area (Å²) in [6.07, 6.45) is -0.0119. The fourth-order valence-corrected chi connectivity index (χ4v) is 1.38. The van der Waals surface area contributed by atoms with Crippen molar-refractivity contribution in [2.45, 2.75) is 33.3 Å². The molecular weight excluding hydrogens is 174 g/mol. The number of pyridine rings is 1. The van der Waals surface area contributed by atoms with E-state index in [1.165, 1.54) is 0 Å². The molecule has 1 unspecified atom stereocenters. The van der Waals surface area contributed by atoms with E-state index in [9.17, 15) is 5.11 Å². The lowest BCUT2D eigenvalue weighted by Crippen LogP contribution is -1.99. The third-order valence-corrected chi connectivity index (χ3v) is 1.96. The molecule has 0 saturated carbocycles. The first-order valence-corrected chi connectivity index (χ1v) is 4.66. The minimum Gasteiger partial charge on any atom is -0.387 e. The molecule has 0 aromatic carbocycles. The molecule has 0 bridgehead atoms. The van der Waals surface area contributed by atoms with Gasteiger partial charge in [-0.1, -0.05) is 0 Å². The second kappa shape index (κ2) is 4.78. The highest BCUT2D eigenvalue weighted by Crippen LogP contribution is 2.17. The second-order valence-electron chi connectivity index (χ2n) is 3.33. The number of aryl methyl sites for hydroxylation is 2. The summed E-state index contributed by atoms with van der Waals surface area (Å²) in [6, 6.07) is 3.80. The van der Waals surface area contributed by atoms with E-state index >= 15 is 0 Å². The van der Waals surface area contributed by atoms with Crippen LogP contribution in [0.1, 0.15) is 36.4 Å². The Labute approximate surface area is 85.0 Å². The van der Waals surface area contributed by atoms with E-state index in [1.54, 1.807) is 6.92 Å².